The van der Waals surface area contributed by atoms with Crippen molar-refractivity contribution in [2.75, 3.05) is 7.11 Å². The van der Waals surface area contributed by atoms with Gasteiger partial charge in [0.15, 0.2) is 5.88 Å². The second-order valence-electron chi connectivity index (χ2n) is 3.04. The summed E-state index contributed by atoms with van der Waals surface area (Å²) < 4.78 is 5.27. The molecule has 2 rings (SSSR count). The van der Waals surface area contributed by atoms with Gasteiger partial charge in [-0.1, -0.05) is 25.1 Å². The molecule has 2 aromatic rings. The Morgan fingerprint density at radius 3 is 2.77 bits per heavy atom. The van der Waals surface area contributed by atoms with Crippen LogP contribution in [0.25, 0.3) is 10.9 Å². The maximum absolute atomic E-state index is 5.27. The quantitative estimate of drug-likeness (QED) is 0.745. The minimum atomic E-state index is 0.892. The fraction of sp³-hybridized carbons (Fsp3) is 0.273. The Hall–Kier alpha value is -1.44. The van der Waals surface area contributed by atoms with Gasteiger partial charge in [-0.3, -0.25) is 0 Å². The van der Waals surface area contributed by atoms with Gasteiger partial charge in [0.2, 0.25) is 0 Å². The number of aromatic amines is 1. The predicted octanol–water partition coefficient (Wildman–Crippen LogP) is 2.74. The van der Waals surface area contributed by atoms with Crippen molar-refractivity contribution in [1.82, 2.24) is 4.98 Å². The third-order valence-electron chi connectivity index (χ3n) is 2.33. The molecule has 1 heterocycles. The number of hydrogen-bond donors (Lipinski definition) is 1. The Labute approximate surface area is 77.5 Å². The summed E-state index contributed by atoms with van der Waals surface area (Å²) in [6, 6.07) is 8.26. The van der Waals surface area contributed by atoms with E-state index in [4.69, 9.17) is 4.74 Å². The minimum absolute atomic E-state index is 0.892. The lowest BCUT2D eigenvalue weighted by atomic mass is 10.1. The van der Waals surface area contributed by atoms with Gasteiger partial charge >= 0.3 is 0 Å². The van der Waals surface area contributed by atoms with Crippen molar-refractivity contribution >= 4 is 10.9 Å². The molecule has 0 aliphatic rings. The van der Waals surface area contributed by atoms with Crippen molar-refractivity contribution in [2.24, 2.45) is 0 Å². The van der Waals surface area contributed by atoms with Gasteiger partial charge in [0, 0.05) is 16.5 Å². The lowest BCUT2D eigenvalue weighted by Gasteiger charge is -1.98. The molecule has 0 aliphatic carbocycles. The van der Waals surface area contributed by atoms with Crippen molar-refractivity contribution in [3.05, 3.63) is 29.8 Å². The van der Waals surface area contributed by atoms with Crippen LogP contribution in [0.5, 0.6) is 5.88 Å². The van der Waals surface area contributed by atoms with E-state index in [1.807, 2.05) is 6.07 Å². The van der Waals surface area contributed by atoms with Crippen LogP contribution in [0.4, 0.5) is 0 Å². The first-order valence-electron chi connectivity index (χ1n) is 4.50. The smallest absolute Gasteiger partial charge is 0.194 e. The fourth-order valence-corrected chi connectivity index (χ4v) is 1.70. The van der Waals surface area contributed by atoms with E-state index in [1.165, 1.54) is 10.9 Å². The average Bonchev–Trinajstić information content (AvgIpc) is 2.55. The Balaban J connectivity index is 2.73. The number of para-hydroxylation sites is 1. The average molecular weight is 175 g/mol. The summed E-state index contributed by atoms with van der Waals surface area (Å²) in [5, 5.41) is 1.27. The van der Waals surface area contributed by atoms with Crippen molar-refractivity contribution in [1.29, 1.82) is 0 Å². The van der Waals surface area contributed by atoms with E-state index in [1.54, 1.807) is 7.11 Å². The number of benzene rings is 1. The molecule has 0 bridgehead atoms. The lowest BCUT2D eigenvalue weighted by Crippen LogP contribution is -1.86. The topological polar surface area (TPSA) is 25.0 Å². The summed E-state index contributed by atoms with van der Waals surface area (Å²) in [7, 11) is 1.70. The third kappa shape index (κ3) is 1.18. The summed E-state index contributed by atoms with van der Waals surface area (Å²) >= 11 is 0. The largest absolute Gasteiger partial charge is 0.482 e. The molecule has 1 aromatic heterocycles. The normalized spacial score (nSPS) is 10.6. The molecule has 0 saturated carbocycles. The third-order valence-corrected chi connectivity index (χ3v) is 2.33. The molecule has 0 radical (unpaired) electrons. The number of H-pyrrole nitrogens is 1. The highest BCUT2D eigenvalue weighted by atomic mass is 16.5. The molecule has 1 N–H and O–H groups in total. The van der Waals surface area contributed by atoms with E-state index in [-0.39, 0.29) is 0 Å². The number of aromatic nitrogens is 1. The number of nitrogens with one attached hydrogen (secondary N) is 1. The van der Waals surface area contributed by atoms with Gasteiger partial charge in [-0.15, -0.1) is 0 Å². The highest BCUT2D eigenvalue weighted by Gasteiger charge is 2.08. The molecule has 0 unspecified atom stereocenters. The van der Waals surface area contributed by atoms with E-state index < -0.39 is 0 Å². The zero-order valence-electron chi connectivity index (χ0n) is 7.92. The van der Waals surface area contributed by atoms with Crippen LogP contribution in [0.15, 0.2) is 24.3 Å². The van der Waals surface area contributed by atoms with Crippen molar-refractivity contribution in [2.45, 2.75) is 13.3 Å². The summed E-state index contributed by atoms with van der Waals surface area (Å²) in [6.07, 6.45) is 0.993. The van der Waals surface area contributed by atoms with Crippen molar-refractivity contribution < 1.29 is 4.74 Å². The molecule has 0 aliphatic heterocycles. The predicted molar refractivity (Wildman–Crippen MR) is 54.2 cm³/mol. The molecule has 0 spiro atoms. The summed E-state index contributed by atoms with van der Waals surface area (Å²) in [5.74, 6) is 0.892. The number of methoxy groups -OCH3 is 1. The number of hydrogen-bond acceptors (Lipinski definition) is 1. The Morgan fingerprint density at radius 1 is 1.31 bits per heavy atom. The molecule has 1 aromatic carbocycles. The van der Waals surface area contributed by atoms with E-state index in [9.17, 15) is 0 Å². The van der Waals surface area contributed by atoms with Crippen LogP contribution < -0.4 is 4.74 Å². The zero-order chi connectivity index (χ0) is 9.26. The Kier molecular flexibility index (Phi) is 1.97. The molecule has 13 heavy (non-hydrogen) atoms. The van der Waals surface area contributed by atoms with E-state index in [2.05, 4.69) is 30.1 Å². The second kappa shape index (κ2) is 3.13. The molecule has 0 saturated heterocycles. The van der Waals surface area contributed by atoms with E-state index in [0.717, 1.165) is 17.8 Å². The second-order valence-corrected chi connectivity index (χ2v) is 3.04. The first-order chi connectivity index (χ1) is 6.36. The maximum atomic E-state index is 5.27. The summed E-state index contributed by atoms with van der Waals surface area (Å²) in [5.41, 5.74) is 2.41. The van der Waals surface area contributed by atoms with Gasteiger partial charge in [0.25, 0.3) is 0 Å². The summed E-state index contributed by atoms with van der Waals surface area (Å²) in [6.45, 7) is 2.14. The van der Waals surface area contributed by atoms with Crippen molar-refractivity contribution in [3.8, 4) is 5.88 Å². The van der Waals surface area contributed by atoms with Gasteiger partial charge in [-0.05, 0) is 12.5 Å². The van der Waals surface area contributed by atoms with Crippen LogP contribution in [0.3, 0.4) is 0 Å². The molecule has 2 nitrogen and oxygen atoms in total. The Bertz CT molecular complexity index is 417. The molecule has 2 heteroatoms. The van der Waals surface area contributed by atoms with Gasteiger partial charge < -0.3 is 9.72 Å². The monoisotopic (exact) mass is 175 g/mol. The first kappa shape index (κ1) is 8.17. The van der Waals surface area contributed by atoms with Gasteiger partial charge in [0.05, 0.1) is 7.11 Å². The molecule has 0 amide bonds. The maximum Gasteiger partial charge on any atom is 0.194 e. The van der Waals surface area contributed by atoms with E-state index in [0.29, 0.717) is 0 Å². The first-order valence-corrected chi connectivity index (χ1v) is 4.50. The van der Waals surface area contributed by atoms with Gasteiger partial charge in [-0.25, -0.2) is 0 Å². The van der Waals surface area contributed by atoms with Crippen LogP contribution in [0, 0.1) is 0 Å². The molecule has 0 fully saturated rings. The van der Waals surface area contributed by atoms with Crippen LogP contribution >= 0.6 is 0 Å². The minimum Gasteiger partial charge on any atom is -0.482 e. The van der Waals surface area contributed by atoms with Crippen molar-refractivity contribution in [3.63, 3.8) is 0 Å². The number of ether oxygens (including phenoxy) is 1. The number of fused-ring (bicyclic) bond motifs is 1. The number of rotatable bonds is 2. The standard InChI is InChI=1S/C11H13NO/c1-3-8-9-6-4-5-7-10(9)12-11(8)13-2/h4-7,12H,3H2,1-2H3. The number of aryl methyl sites for hydroxylation is 1. The Morgan fingerprint density at radius 2 is 2.08 bits per heavy atom. The van der Waals surface area contributed by atoms with Gasteiger partial charge in [0.1, 0.15) is 0 Å². The summed E-state index contributed by atoms with van der Waals surface area (Å²) in [4.78, 5) is 3.24. The lowest BCUT2D eigenvalue weighted by molar-refractivity contribution is 0.397. The highest BCUT2D eigenvalue weighted by Crippen LogP contribution is 2.27. The SMILES string of the molecule is CCc1c(OC)[nH]c2ccccc12. The fourth-order valence-electron chi connectivity index (χ4n) is 1.70. The molecular formula is C11H13NO. The van der Waals surface area contributed by atoms with E-state index >= 15 is 0 Å². The van der Waals surface area contributed by atoms with Gasteiger partial charge in [-0.2, -0.15) is 0 Å². The molecule has 68 valence electrons. The van der Waals surface area contributed by atoms with Crippen LogP contribution in [0.1, 0.15) is 12.5 Å². The van der Waals surface area contributed by atoms with Crippen LogP contribution in [0.2, 0.25) is 0 Å². The zero-order valence-corrected chi connectivity index (χ0v) is 7.92. The molecule has 0 atom stereocenters. The molecular weight excluding hydrogens is 162 g/mol. The van der Waals surface area contributed by atoms with Crippen LogP contribution in [-0.2, 0) is 6.42 Å². The van der Waals surface area contributed by atoms with Crippen LogP contribution in [-0.4, -0.2) is 12.1 Å². The highest BCUT2D eigenvalue weighted by molar-refractivity contribution is 5.85.